The third-order valence-corrected chi connectivity index (χ3v) is 5.01. The maximum Gasteiger partial charge on any atom is 0.257 e. The number of carbonyl (C=O) groups is 2. The highest BCUT2D eigenvalue weighted by atomic mass is 32.1. The van der Waals surface area contributed by atoms with Crippen molar-refractivity contribution in [2.24, 2.45) is 0 Å². The fourth-order valence-electron chi connectivity index (χ4n) is 3.28. The molecule has 1 aliphatic rings. The van der Waals surface area contributed by atoms with Gasteiger partial charge in [-0.3, -0.25) is 19.1 Å². The monoisotopic (exact) mass is 397 g/mol. The van der Waals surface area contributed by atoms with Gasteiger partial charge in [-0.2, -0.15) is 5.10 Å². The van der Waals surface area contributed by atoms with E-state index >= 15 is 0 Å². The van der Waals surface area contributed by atoms with E-state index < -0.39 is 0 Å². The molecule has 1 aliphatic heterocycles. The van der Waals surface area contributed by atoms with E-state index in [4.69, 9.17) is 17.0 Å². The summed E-state index contributed by atoms with van der Waals surface area (Å²) in [5.74, 6) is 0.373. The van der Waals surface area contributed by atoms with E-state index in [0.29, 0.717) is 46.1 Å². The Balaban J connectivity index is 1.62. The molecule has 0 spiro atoms. The Kier molecular flexibility index (Phi) is 4.82. The Morgan fingerprint density at radius 2 is 2.14 bits per heavy atom. The minimum atomic E-state index is -0.286. The molecule has 9 heteroatoms. The Morgan fingerprint density at radius 3 is 2.93 bits per heavy atom. The predicted octanol–water partition coefficient (Wildman–Crippen LogP) is 3.17. The fourth-order valence-corrected chi connectivity index (χ4v) is 3.47. The molecule has 0 bridgehead atoms. The number of nitrogens with zero attached hydrogens (tertiary/aromatic N) is 3. The number of anilines is 2. The lowest BCUT2D eigenvalue weighted by molar-refractivity contribution is -0.119. The van der Waals surface area contributed by atoms with Gasteiger partial charge < -0.3 is 15.0 Å². The molecule has 0 radical (unpaired) electrons. The number of aromatic nitrogens is 3. The van der Waals surface area contributed by atoms with E-state index in [1.807, 2.05) is 0 Å². The minimum Gasteiger partial charge on any atom is -0.495 e. The Hall–Kier alpha value is -3.20. The number of piperidine rings is 1. The van der Waals surface area contributed by atoms with Crippen molar-refractivity contribution in [3.05, 3.63) is 46.9 Å². The molecule has 1 aromatic carbocycles. The van der Waals surface area contributed by atoms with Crippen molar-refractivity contribution in [1.29, 1.82) is 0 Å². The van der Waals surface area contributed by atoms with Gasteiger partial charge in [0.25, 0.3) is 5.91 Å². The van der Waals surface area contributed by atoms with Gasteiger partial charge >= 0.3 is 0 Å². The largest absolute Gasteiger partial charge is 0.495 e. The summed E-state index contributed by atoms with van der Waals surface area (Å²) < 4.78 is 7.46. The number of fused-ring (bicyclic) bond motifs is 1. The maximum atomic E-state index is 12.7. The van der Waals surface area contributed by atoms with Gasteiger partial charge in [0.15, 0.2) is 10.4 Å². The predicted molar refractivity (Wildman–Crippen MR) is 108 cm³/mol. The summed E-state index contributed by atoms with van der Waals surface area (Å²) in [6, 6.07) is 8.66. The topological polar surface area (TPSA) is 91.7 Å². The first-order valence-electron chi connectivity index (χ1n) is 8.93. The third kappa shape index (κ3) is 3.36. The molecule has 2 N–H and O–H groups in total. The van der Waals surface area contributed by atoms with Crippen molar-refractivity contribution in [3.63, 3.8) is 0 Å². The second-order valence-electron chi connectivity index (χ2n) is 6.52. The lowest BCUT2D eigenvalue weighted by Gasteiger charge is -2.28. The van der Waals surface area contributed by atoms with Crippen LogP contribution in [0.3, 0.4) is 0 Å². The van der Waals surface area contributed by atoms with Crippen LogP contribution in [0.25, 0.3) is 5.65 Å². The molecular weight excluding hydrogens is 378 g/mol. The van der Waals surface area contributed by atoms with Crippen LogP contribution in [0.15, 0.2) is 36.5 Å². The van der Waals surface area contributed by atoms with Crippen LogP contribution < -0.4 is 15.0 Å². The number of rotatable bonds is 4. The number of amides is 2. The third-order valence-electron chi connectivity index (χ3n) is 4.72. The highest BCUT2D eigenvalue weighted by Gasteiger charge is 2.23. The van der Waals surface area contributed by atoms with Gasteiger partial charge in [-0.25, -0.2) is 0 Å². The number of ether oxygens (including phenoxy) is 1. The summed E-state index contributed by atoms with van der Waals surface area (Å²) in [6.45, 7) is 0.641. The normalized spacial score (nSPS) is 14.3. The van der Waals surface area contributed by atoms with Crippen LogP contribution >= 0.6 is 12.2 Å². The standard InChI is InChI=1S/C19H19N5O3S/c1-27-15-7-6-13(10-14(15)23-9-3-2-4-17(23)25)20-18(26)12-5-8-16-21-22-19(28)24(16)11-12/h5-8,10-11H,2-4,9H2,1H3,(H,20,26)(H,22,28). The Bertz CT molecular complexity index is 1120. The van der Waals surface area contributed by atoms with E-state index in [-0.39, 0.29) is 11.8 Å². The zero-order valence-corrected chi connectivity index (χ0v) is 16.1. The molecule has 2 amide bonds. The number of nitrogens with one attached hydrogen (secondary N) is 2. The fraction of sp³-hybridized carbons (Fsp3) is 0.263. The number of aromatic amines is 1. The molecule has 0 saturated carbocycles. The molecule has 3 heterocycles. The van der Waals surface area contributed by atoms with Crippen LogP contribution in [-0.4, -0.2) is 40.1 Å². The zero-order chi connectivity index (χ0) is 19.7. The van der Waals surface area contributed by atoms with Gasteiger partial charge in [-0.05, 0) is 55.4 Å². The highest BCUT2D eigenvalue weighted by molar-refractivity contribution is 7.71. The smallest absolute Gasteiger partial charge is 0.257 e. The first-order valence-corrected chi connectivity index (χ1v) is 9.34. The van der Waals surface area contributed by atoms with E-state index in [0.717, 1.165) is 12.8 Å². The van der Waals surface area contributed by atoms with Gasteiger partial charge in [0.1, 0.15) is 5.75 Å². The van der Waals surface area contributed by atoms with Gasteiger partial charge in [0.05, 0.1) is 18.4 Å². The maximum absolute atomic E-state index is 12.7. The van der Waals surface area contributed by atoms with Crippen LogP contribution in [0.5, 0.6) is 5.75 Å². The van der Waals surface area contributed by atoms with Gasteiger partial charge in [-0.1, -0.05) is 0 Å². The second-order valence-corrected chi connectivity index (χ2v) is 6.90. The first kappa shape index (κ1) is 18.2. The van der Waals surface area contributed by atoms with E-state index in [1.165, 1.54) is 0 Å². The van der Waals surface area contributed by atoms with Crippen molar-refractivity contribution in [2.45, 2.75) is 19.3 Å². The average molecular weight is 397 g/mol. The first-order chi connectivity index (χ1) is 13.6. The molecule has 4 rings (SSSR count). The summed E-state index contributed by atoms with van der Waals surface area (Å²) >= 11 is 5.15. The van der Waals surface area contributed by atoms with Crippen molar-refractivity contribution in [1.82, 2.24) is 14.6 Å². The zero-order valence-electron chi connectivity index (χ0n) is 15.3. The number of hydrogen-bond acceptors (Lipinski definition) is 5. The molecule has 8 nitrogen and oxygen atoms in total. The van der Waals surface area contributed by atoms with Gasteiger partial charge in [0.2, 0.25) is 5.91 Å². The lowest BCUT2D eigenvalue weighted by Crippen LogP contribution is -2.35. The van der Waals surface area contributed by atoms with Crippen LogP contribution in [0, 0.1) is 4.77 Å². The second kappa shape index (κ2) is 7.43. The summed E-state index contributed by atoms with van der Waals surface area (Å²) in [5, 5.41) is 9.61. The number of carbonyl (C=O) groups excluding carboxylic acids is 2. The molecule has 0 aliphatic carbocycles. The van der Waals surface area contributed by atoms with Crippen LogP contribution in [0.2, 0.25) is 0 Å². The quantitative estimate of drug-likeness (QED) is 0.660. The van der Waals surface area contributed by atoms with Gasteiger partial charge in [-0.15, -0.1) is 0 Å². The number of H-pyrrole nitrogens is 1. The molecule has 1 saturated heterocycles. The van der Waals surface area contributed by atoms with Crippen molar-refractivity contribution < 1.29 is 14.3 Å². The van der Waals surface area contributed by atoms with Crippen molar-refractivity contribution in [3.8, 4) is 5.75 Å². The Labute approximate surface area is 166 Å². The molecule has 1 fully saturated rings. The van der Waals surface area contributed by atoms with Crippen molar-refractivity contribution >= 4 is 41.1 Å². The molecule has 2 aromatic heterocycles. The number of pyridine rings is 1. The summed E-state index contributed by atoms with van der Waals surface area (Å²) in [6.07, 6.45) is 3.99. The van der Waals surface area contributed by atoms with E-state index in [9.17, 15) is 9.59 Å². The average Bonchev–Trinajstić information content (AvgIpc) is 3.08. The molecule has 28 heavy (non-hydrogen) atoms. The molecule has 0 unspecified atom stereocenters. The summed E-state index contributed by atoms with van der Waals surface area (Å²) in [7, 11) is 1.56. The highest BCUT2D eigenvalue weighted by Crippen LogP contribution is 2.33. The Morgan fingerprint density at radius 1 is 1.29 bits per heavy atom. The summed E-state index contributed by atoms with van der Waals surface area (Å²) in [5.41, 5.74) is 2.32. The summed E-state index contributed by atoms with van der Waals surface area (Å²) in [4.78, 5) is 26.7. The molecule has 144 valence electrons. The SMILES string of the molecule is COc1ccc(NC(=O)c2ccc3n[nH]c(=S)n3c2)cc1N1CCCCC1=O. The number of benzene rings is 1. The number of hydrogen-bond donors (Lipinski definition) is 2. The van der Waals surface area contributed by atoms with Crippen LogP contribution in [-0.2, 0) is 4.79 Å². The van der Waals surface area contributed by atoms with E-state index in [1.54, 1.807) is 52.9 Å². The van der Waals surface area contributed by atoms with Gasteiger partial charge in [0, 0.05) is 24.8 Å². The molecule has 3 aromatic rings. The van der Waals surface area contributed by atoms with Crippen molar-refractivity contribution in [2.75, 3.05) is 23.9 Å². The lowest BCUT2D eigenvalue weighted by atomic mass is 10.1. The van der Waals surface area contributed by atoms with E-state index in [2.05, 4.69) is 15.5 Å². The van der Waals surface area contributed by atoms with Crippen LogP contribution in [0.1, 0.15) is 29.6 Å². The molecule has 0 atom stereocenters. The van der Waals surface area contributed by atoms with Crippen LogP contribution in [0.4, 0.5) is 11.4 Å². The number of methoxy groups -OCH3 is 1. The molecular formula is C19H19N5O3S. The minimum absolute atomic E-state index is 0.0628.